The summed E-state index contributed by atoms with van der Waals surface area (Å²) in [5, 5.41) is 19.0. The first-order chi connectivity index (χ1) is 15.8. The number of nitrogens with zero attached hydrogens (tertiary/aromatic N) is 2. The summed E-state index contributed by atoms with van der Waals surface area (Å²) in [4.78, 5) is 46.9. The summed E-state index contributed by atoms with van der Waals surface area (Å²) in [6, 6.07) is 5.23. The van der Waals surface area contributed by atoms with E-state index in [0.29, 0.717) is 5.56 Å². The van der Waals surface area contributed by atoms with Gasteiger partial charge in [-0.1, -0.05) is 12.1 Å². The third kappa shape index (κ3) is 6.62. The van der Waals surface area contributed by atoms with Crippen LogP contribution >= 0.6 is 0 Å². The van der Waals surface area contributed by atoms with Crippen molar-refractivity contribution in [1.82, 2.24) is 4.90 Å². The maximum absolute atomic E-state index is 13.1. The number of benzene rings is 1. The molecule has 2 heterocycles. The van der Waals surface area contributed by atoms with E-state index in [1.807, 2.05) is 0 Å². The normalized spacial score (nSPS) is 18.0. The molecule has 34 heavy (non-hydrogen) atoms. The molecule has 1 aromatic rings. The Kier molecular flexibility index (Phi) is 8.49. The van der Waals surface area contributed by atoms with Crippen LogP contribution in [0.15, 0.2) is 35.7 Å². The number of esters is 1. The first-order valence-electron chi connectivity index (χ1n) is 9.90. The van der Waals surface area contributed by atoms with E-state index in [-0.39, 0.29) is 44.1 Å². The van der Waals surface area contributed by atoms with Crippen molar-refractivity contribution in [2.24, 2.45) is 0 Å². The van der Waals surface area contributed by atoms with Crippen LogP contribution in [0.25, 0.3) is 0 Å². The minimum absolute atomic E-state index is 0.00249. The van der Waals surface area contributed by atoms with Gasteiger partial charge in [0.15, 0.2) is 12.3 Å². The second kappa shape index (κ2) is 10.9. The van der Waals surface area contributed by atoms with E-state index in [0.717, 1.165) is 0 Å². The molecule has 0 radical (unpaired) electrons. The number of Topliss-reactive ketones (excluding diaryl/α,β-unsaturated/α-hetero) is 1. The Balaban J connectivity index is 0.000000509. The van der Waals surface area contributed by atoms with Crippen molar-refractivity contribution >= 4 is 29.8 Å². The molecule has 3 rings (SSSR count). The lowest BCUT2D eigenvalue weighted by Gasteiger charge is -2.32. The van der Waals surface area contributed by atoms with Crippen molar-refractivity contribution in [2.75, 3.05) is 13.2 Å². The summed E-state index contributed by atoms with van der Waals surface area (Å²) in [5.74, 6) is -5.48. The van der Waals surface area contributed by atoms with Crippen molar-refractivity contribution in [3.8, 4) is 0 Å². The Bertz CT molecular complexity index is 1030. The molecule has 9 nitrogen and oxygen atoms in total. The third-order valence-electron chi connectivity index (χ3n) is 4.76. The number of carbonyl (C=O) groups excluding carboxylic acids is 4. The molecule has 13 heteroatoms. The molecule has 0 spiro atoms. The van der Waals surface area contributed by atoms with Gasteiger partial charge in [-0.3, -0.25) is 14.4 Å². The monoisotopic (exact) mass is 488 g/mol. The minimum Gasteiger partial charge on any atom is -0.542 e. The molecule has 1 fully saturated rings. The van der Waals surface area contributed by atoms with Gasteiger partial charge in [0, 0.05) is 6.54 Å². The van der Waals surface area contributed by atoms with Crippen LogP contribution in [-0.2, 0) is 30.5 Å². The molecule has 1 N–H and O–H groups in total. The topological polar surface area (TPSA) is 127 Å². The van der Waals surface area contributed by atoms with Crippen molar-refractivity contribution < 1.29 is 56.3 Å². The largest absolute Gasteiger partial charge is 0.542 e. The summed E-state index contributed by atoms with van der Waals surface area (Å²) in [5.41, 5.74) is 0.563. The third-order valence-corrected chi connectivity index (χ3v) is 4.76. The van der Waals surface area contributed by atoms with E-state index < -0.39 is 41.6 Å². The van der Waals surface area contributed by atoms with E-state index in [2.05, 4.69) is 0 Å². The van der Waals surface area contributed by atoms with Crippen LogP contribution in [0.5, 0.6) is 0 Å². The number of rotatable bonds is 5. The first kappa shape index (κ1) is 26.5. The molecule has 0 aromatic heterocycles. The zero-order chi connectivity index (χ0) is 25.6. The molecule has 1 saturated heterocycles. The average molecular weight is 488 g/mol. The summed E-state index contributed by atoms with van der Waals surface area (Å²) in [7, 11) is 0. The molecule has 0 aliphatic carbocycles. The summed E-state index contributed by atoms with van der Waals surface area (Å²) in [6.07, 6.45) is -3.71. The van der Waals surface area contributed by atoms with Crippen molar-refractivity contribution in [3.05, 3.63) is 47.1 Å². The molecular formula is C21H20F4N2O7. The minimum atomic E-state index is -5.19. The van der Waals surface area contributed by atoms with E-state index >= 15 is 0 Å². The maximum Gasteiger partial charge on any atom is 0.430 e. The zero-order valence-corrected chi connectivity index (χ0v) is 17.8. The van der Waals surface area contributed by atoms with E-state index in [4.69, 9.17) is 14.6 Å². The van der Waals surface area contributed by atoms with Crippen LogP contribution < -0.4 is 5.11 Å². The molecular weight excluding hydrogens is 468 g/mol. The SMILES string of the molecule is CCOC(=O)CC1CN(Cc2ccc(F)cc2)C(=O)C2=C(O)C(=O)CC=[N+]21.O=C([O-])C(F)(F)F. The standard InChI is InChI=1S/C19H19FN2O5.C2HF3O2/c1-2-27-16(24)9-14-11-21(10-12-3-5-13(20)6-4-12)19(26)17-18(25)15(23)7-8-22(14)17;3-2(4,5)1(6)7/h3-6,8,14H,2,7,9-11H2,1H3;(H,6,7). The van der Waals surface area contributed by atoms with Crippen LogP contribution in [0.2, 0.25) is 0 Å². The molecule has 184 valence electrons. The molecule has 1 unspecified atom stereocenters. The van der Waals surface area contributed by atoms with Gasteiger partial charge in [0.25, 0.3) is 0 Å². The van der Waals surface area contributed by atoms with Gasteiger partial charge in [0.2, 0.25) is 11.5 Å². The lowest BCUT2D eigenvalue weighted by Crippen LogP contribution is -2.53. The van der Waals surface area contributed by atoms with Crippen molar-refractivity contribution in [1.29, 1.82) is 0 Å². The Labute approximate surface area is 190 Å². The predicted molar refractivity (Wildman–Crippen MR) is 104 cm³/mol. The van der Waals surface area contributed by atoms with Crippen LogP contribution in [0, 0.1) is 5.82 Å². The van der Waals surface area contributed by atoms with E-state index in [9.17, 15) is 37.1 Å². The fourth-order valence-corrected chi connectivity index (χ4v) is 3.26. The van der Waals surface area contributed by atoms with Gasteiger partial charge in [-0.15, -0.1) is 0 Å². The summed E-state index contributed by atoms with van der Waals surface area (Å²) >= 11 is 0. The number of aliphatic hydroxyl groups excluding tert-OH is 1. The number of ketones is 1. The molecule has 0 saturated carbocycles. The van der Waals surface area contributed by atoms with Crippen LogP contribution in [-0.4, -0.2) is 69.8 Å². The number of ether oxygens (including phenoxy) is 1. The number of aliphatic carboxylic acids is 1. The van der Waals surface area contributed by atoms with Crippen LogP contribution in [0.1, 0.15) is 25.3 Å². The molecule has 0 bridgehead atoms. The number of carboxylic acids is 1. The van der Waals surface area contributed by atoms with Crippen LogP contribution in [0.3, 0.4) is 0 Å². The van der Waals surface area contributed by atoms with E-state index in [1.54, 1.807) is 19.1 Å². The second-order valence-corrected chi connectivity index (χ2v) is 7.17. The Morgan fingerprint density at radius 1 is 1.24 bits per heavy atom. The number of alkyl halides is 3. The van der Waals surface area contributed by atoms with Crippen molar-refractivity contribution in [3.63, 3.8) is 0 Å². The number of halogens is 4. The fourth-order valence-electron chi connectivity index (χ4n) is 3.26. The van der Waals surface area contributed by atoms with Gasteiger partial charge in [-0.05, 0) is 24.6 Å². The first-order valence-corrected chi connectivity index (χ1v) is 9.90. The summed E-state index contributed by atoms with van der Waals surface area (Å²) < 4.78 is 51.2. The van der Waals surface area contributed by atoms with Gasteiger partial charge in [0.1, 0.15) is 18.2 Å². The number of fused-ring (bicyclic) bond motifs is 1. The number of hydrogen-bond acceptors (Lipinski definition) is 7. The number of hydrogen-bond donors (Lipinski definition) is 1. The van der Waals surface area contributed by atoms with Gasteiger partial charge in [0.05, 0.1) is 19.6 Å². The number of allylic oxidation sites excluding steroid dienone is 1. The number of carboxylic acid groups (broad SMARTS) is 1. The number of aliphatic hydroxyl groups is 1. The quantitative estimate of drug-likeness (QED) is 0.366. The highest BCUT2D eigenvalue weighted by Gasteiger charge is 2.47. The highest BCUT2D eigenvalue weighted by molar-refractivity contribution is 6.08. The molecule has 2 aliphatic rings. The Hall–Kier alpha value is -3.77. The highest BCUT2D eigenvalue weighted by Crippen LogP contribution is 2.25. The Morgan fingerprint density at radius 3 is 2.35 bits per heavy atom. The van der Waals surface area contributed by atoms with Crippen LogP contribution in [0.4, 0.5) is 17.6 Å². The lowest BCUT2D eigenvalue weighted by molar-refractivity contribution is -0.520. The van der Waals surface area contributed by atoms with Gasteiger partial charge < -0.3 is 24.6 Å². The molecule has 1 atom stereocenters. The predicted octanol–water partition coefficient (Wildman–Crippen LogP) is 0.614. The molecule has 1 amide bonds. The zero-order valence-electron chi connectivity index (χ0n) is 17.8. The second-order valence-electron chi connectivity index (χ2n) is 7.17. The van der Waals surface area contributed by atoms with Gasteiger partial charge in [-0.25, -0.2) is 4.39 Å². The summed E-state index contributed by atoms with van der Waals surface area (Å²) in [6.45, 7) is 2.31. The average Bonchev–Trinajstić information content (AvgIpc) is 2.75. The van der Waals surface area contributed by atoms with E-state index in [1.165, 1.54) is 27.8 Å². The van der Waals surface area contributed by atoms with Crippen molar-refractivity contribution in [2.45, 2.75) is 38.5 Å². The van der Waals surface area contributed by atoms with Gasteiger partial charge >= 0.3 is 23.7 Å². The fraction of sp³-hybridized carbons (Fsp3) is 0.381. The number of carbonyl (C=O) groups is 4. The molecule has 2 aliphatic heterocycles. The lowest BCUT2D eigenvalue weighted by atomic mass is 10.0. The number of piperazine rings is 1. The maximum atomic E-state index is 13.1. The highest BCUT2D eigenvalue weighted by atomic mass is 19.4. The smallest absolute Gasteiger partial charge is 0.430 e. The van der Waals surface area contributed by atoms with Gasteiger partial charge in [-0.2, -0.15) is 17.7 Å². The Morgan fingerprint density at radius 2 is 1.82 bits per heavy atom. The number of amides is 1. The molecule has 1 aromatic carbocycles.